The van der Waals surface area contributed by atoms with Crippen molar-refractivity contribution in [3.8, 4) is 10.8 Å². The first-order chi connectivity index (χ1) is 9.94. The Morgan fingerprint density at radius 1 is 1.41 bits per heavy atom. The highest BCUT2D eigenvalue weighted by atomic mass is 35.5. The number of nitrogens with two attached hydrogens (primary N) is 1. The number of sulfonamides is 1. The molecular formula is C12H17ClN4O3S2. The molecule has 1 saturated carbocycles. The lowest BCUT2D eigenvalue weighted by atomic mass is 9.99. The Balaban J connectivity index is 0.00000176. The van der Waals surface area contributed by atoms with Crippen LogP contribution in [0.2, 0.25) is 0 Å². The van der Waals surface area contributed by atoms with Crippen molar-refractivity contribution in [3.63, 3.8) is 0 Å². The van der Waals surface area contributed by atoms with Crippen molar-refractivity contribution in [2.45, 2.75) is 36.1 Å². The molecule has 0 aliphatic heterocycles. The van der Waals surface area contributed by atoms with Crippen molar-refractivity contribution in [3.05, 3.63) is 17.3 Å². The second-order valence-corrected chi connectivity index (χ2v) is 7.94. The normalized spacial score (nSPS) is 17.4. The number of nitrogens with one attached hydrogen (secondary N) is 1. The lowest BCUT2D eigenvalue weighted by molar-refractivity contribution is 0.373. The van der Waals surface area contributed by atoms with Gasteiger partial charge < -0.3 is 10.3 Å². The Kier molecular flexibility index (Phi) is 4.93. The number of hydrogen-bond donors (Lipinski definition) is 2. The smallest absolute Gasteiger partial charge is 0.268 e. The van der Waals surface area contributed by atoms with Gasteiger partial charge in [0.25, 0.3) is 5.89 Å². The van der Waals surface area contributed by atoms with E-state index in [4.69, 9.17) is 10.3 Å². The van der Waals surface area contributed by atoms with E-state index < -0.39 is 15.6 Å². The minimum absolute atomic E-state index is 0. The van der Waals surface area contributed by atoms with Gasteiger partial charge in [-0.15, -0.1) is 23.7 Å². The fraction of sp³-hybridized carbons (Fsp3) is 0.500. The van der Waals surface area contributed by atoms with Crippen LogP contribution in [0.1, 0.15) is 31.5 Å². The fourth-order valence-electron chi connectivity index (χ4n) is 2.45. The molecule has 3 rings (SSSR count). The number of nitrogens with zero attached hydrogens (tertiary/aromatic N) is 2. The molecule has 10 heteroatoms. The molecule has 0 atom stereocenters. The first-order valence-electron chi connectivity index (χ1n) is 6.60. The Labute approximate surface area is 138 Å². The zero-order valence-electron chi connectivity index (χ0n) is 11.9. The van der Waals surface area contributed by atoms with Gasteiger partial charge >= 0.3 is 0 Å². The summed E-state index contributed by atoms with van der Waals surface area (Å²) in [6.07, 6.45) is 3.81. The standard InChI is InChI=1S/C12H16N4O3S2.ClH/c1-14-21(17,18)8-6-9(20-7-8)10-15-11(16-19-10)12(13)4-2-3-5-12;/h6-7,14H,2-5,13H2,1H3;1H. The van der Waals surface area contributed by atoms with Gasteiger partial charge in [0.1, 0.15) is 0 Å². The quantitative estimate of drug-likeness (QED) is 0.856. The maximum absolute atomic E-state index is 11.7. The third-order valence-corrected chi connectivity index (χ3v) is 6.19. The third kappa shape index (κ3) is 3.04. The van der Waals surface area contributed by atoms with E-state index in [0.717, 1.165) is 25.7 Å². The van der Waals surface area contributed by atoms with E-state index in [0.29, 0.717) is 16.6 Å². The maximum atomic E-state index is 11.7. The summed E-state index contributed by atoms with van der Waals surface area (Å²) in [6.45, 7) is 0. The van der Waals surface area contributed by atoms with Gasteiger partial charge in [-0.2, -0.15) is 4.98 Å². The third-order valence-electron chi connectivity index (χ3n) is 3.73. The lowest BCUT2D eigenvalue weighted by Gasteiger charge is -2.17. The molecular weight excluding hydrogens is 348 g/mol. The summed E-state index contributed by atoms with van der Waals surface area (Å²) in [6, 6.07) is 1.52. The largest absolute Gasteiger partial charge is 0.333 e. The van der Waals surface area contributed by atoms with Crippen LogP contribution in [0.3, 0.4) is 0 Å². The predicted octanol–water partition coefficient (Wildman–Crippen LogP) is 1.86. The summed E-state index contributed by atoms with van der Waals surface area (Å²) >= 11 is 1.24. The number of hydrogen-bond acceptors (Lipinski definition) is 7. The Bertz CT molecular complexity index is 750. The second-order valence-electron chi connectivity index (χ2n) is 5.14. The van der Waals surface area contributed by atoms with Crippen LogP contribution in [0, 0.1) is 0 Å². The van der Waals surface area contributed by atoms with Crippen molar-refractivity contribution in [2.75, 3.05) is 7.05 Å². The molecule has 0 radical (unpaired) electrons. The monoisotopic (exact) mass is 364 g/mol. The highest BCUT2D eigenvalue weighted by Gasteiger charge is 2.36. The zero-order chi connectivity index (χ0) is 15.1. The molecule has 22 heavy (non-hydrogen) atoms. The van der Waals surface area contributed by atoms with E-state index in [1.165, 1.54) is 24.5 Å². The van der Waals surface area contributed by atoms with Crippen molar-refractivity contribution >= 4 is 33.8 Å². The topological polar surface area (TPSA) is 111 Å². The van der Waals surface area contributed by atoms with E-state index in [9.17, 15) is 8.42 Å². The number of aromatic nitrogens is 2. The molecule has 0 unspecified atom stereocenters. The highest BCUT2D eigenvalue weighted by Crippen LogP contribution is 2.36. The van der Waals surface area contributed by atoms with Gasteiger partial charge in [0, 0.05) is 5.38 Å². The van der Waals surface area contributed by atoms with Gasteiger partial charge in [-0.3, -0.25) is 0 Å². The zero-order valence-corrected chi connectivity index (χ0v) is 14.4. The Morgan fingerprint density at radius 3 is 2.73 bits per heavy atom. The predicted molar refractivity (Wildman–Crippen MR) is 85.4 cm³/mol. The van der Waals surface area contributed by atoms with Crippen LogP contribution >= 0.6 is 23.7 Å². The van der Waals surface area contributed by atoms with Gasteiger partial charge in [0.15, 0.2) is 5.82 Å². The van der Waals surface area contributed by atoms with Gasteiger partial charge in [0.05, 0.1) is 15.3 Å². The maximum Gasteiger partial charge on any atom is 0.268 e. The van der Waals surface area contributed by atoms with Crippen molar-refractivity contribution in [1.82, 2.24) is 14.9 Å². The van der Waals surface area contributed by atoms with Crippen LogP contribution in [0.25, 0.3) is 10.8 Å². The summed E-state index contributed by atoms with van der Waals surface area (Å²) < 4.78 is 31.0. The first-order valence-corrected chi connectivity index (χ1v) is 8.96. The Morgan fingerprint density at radius 2 is 2.09 bits per heavy atom. The summed E-state index contributed by atoms with van der Waals surface area (Å²) in [5, 5.41) is 5.51. The minimum atomic E-state index is -3.46. The molecule has 7 nitrogen and oxygen atoms in total. The van der Waals surface area contributed by atoms with Crippen molar-refractivity contribution in [1.29, 1.82) is 0 Å². The average molecular weight is 365 g/mol. The van der Waals surface area contributed by atoms with Crippen LogP contribution in [0.5, 0.6) is 0 Å². The molecule has 0 aromatic carbocycles. The fourth-order valence-corrected chi connectivity index (χ4v) is 4.37. The molecule has 0 saturated heterocycles. The highest BCUT2D eigenvalue weighted by molar-refractivity contribution is 7.89. The molecule has 0 spiro atoms. The van der Waals surface area contributed by atoms with Gasteiger partial charge in [-0.1, -0.05) is 18.0 Å². The molecule has 3 N–H and O–H groups in total. The summed E-state index contributed by atoms with van der Waals surface area (Å²) in [4.78, 5) is 5.15. The molecule has 1 aliphatic rings. The average Bonchev–Trinajstić information content (AvgIpc) is 3.18. The van der Waals surface area contributed by atoms with E-state index in [-0.39, 0.29) is 17.3 Å². The molecule has 2 heterocycles. The van der Waals surface area contributed by atoms with E-state index in [1.807, 2.05) is 0 Å². The molecule has 2 aromatic rings. The molecule has 2 aromatic heterocycles. The van der Waals surface area contributed by atoms with Crippen LogP contribution in [-0.2, 0) is 15.6 Å². The van der Waals surface area contributed by atoms with Crippen molar-refractivity contribution in [2.24, 2.45) is 5.73 Å². The number of thiophene rings is 1. The first kappa shape index (κ1) is 17.4. The molecule has 1 aliphatic carbocycles. The van der Waals surface area contributed by atoms with Crippen LogP contribution in [-0.4, -0.2) is 25.6 Å². The van der Waals surface area contributed by atoms with Crippen LogP contribution < -0.4 is 10.5 Å². The minimum Gasteiger partial charge on any atom is -0.333 e. The lowest BCUT2D eigenvalue weighted by Crippen LogP contribution is -2.34. The number of halogens is 1. The van der Waals surface area contributed by atoms with Gasteiger partial charge in [-0.25, -0.2) is 13.1 Å². The molecule has 1 fully saturated rings. The van der Waals surface area contributed by atoms with E-state index in [2.05, 4.69) is 14.9 Å². The molecule has 0 amide bonds. The van der Waals surface area contributed by atoms with Crippen LogP contribution in [0.15, 0.2) is 20.9 Å². The summed E-state index contributed by atoms with van der Waals surface area (Å²) in [7, 11) is -2.09. The van der Waals surface area contributed by atoms with Gasteiger partial charge in [-0.05, 0) is 26.0 Å². The number of rotatable bonds is 4. The summed E-state index contributed by atoms with van der Waals surface area (Å²) in [5.41, 5.74) is 5.77. The summed E-state index contributed by atoms with van der Waals surface area (Å²) in [5.74, 6) is 0.811. The molecule has 0 bridgehead atoms. The van der Waals surface area contributed by atoms with Gasteiger partial charge in [0.2, 0.25) is 10.0 Å². The van der Waals surface area contributed by atoms with Crippen LogP contribution in [0.4, 0.5) is 0 Å². The molecule has 122 valence electrons. The Hall–Kier alpha value is -1.00. The van der Waals surface area contributed by atoms with Crippen molar-refractivity contribution < 1.29 is 12.9 Å². The second kappa shape index (κ2) is 6.25. The van der Waals surface area contributed by atoms with E-state index in [1.54, 1.807) is 5.38 Å². The van der Waals surface area contributed by atoms with E-state index >= 15 is 0 Å². The SMILES string of the molecule is CNS(=O)(=O)c1csc(-c2nc(C3(N)CCCC3)no2)c1.Cl.